The number of hydrogen-bond donors (Lipinski definition) is 3. The van der Waals surface area contributed by atoms with E-state index >= 15 is 0 Å². The monoisotopic (exact) mass is 214 g/mol. The second kappa shape index (κ2) is 3.37. The summed E-state index contributed by atoms with van der Waals surface area (Å²) in [5.41, 5.74) is -1.76. The minimum atomic E-state index is -1.76. The third-order valence-corrected chi connectivity index (χ3v) is 2.84. The summed E-state index contributed by atoms with van der Waals surface area (Å²) in [6.45, 7) is 0.169. The molecule has 1 saturated heterocycles. The Kier molecular flexibility index (Phi) is 2.30. The van der Waals surface area contributed by atoms with E-state index in [1.54, 1.807) is 0 Å². The van der Waals surface area contributed by atoms with E-state index in [1.807, 2.05) is 0 Å². The number of carbonyl (C=O) groups excluding carboxylic acids is 1. The fraction of sp³-hybridized carbons (Fsp3) is 0.778. The molecule has 2 amide bonds. The van der Waals surface area contributed by atoms with Crippen LogP contribution in [0, 0.1) is 0 Å². The number of rotatable bonds is 2. The van der Waals surface area contributed by atoms with Crippen molar-refractivity contribution in [2.45, 2.75) is 30.9 Å². The van der Waals surface area contributed by atoms with Crippen molar-refractivity contribution in [3.05, 3.63) is 0 Å². The van der Waals surface area contributed by atoms with Gasteiger partial charge in [0.1, 0.15) is 0 Å². The summed E-state index contributed by atoms with van der Waals surface area (Å²) in [5, 5.41) is 21.1. The molecule has 0 aromatic rings. The fourth-order valence-electron chi connectivity index (χ4n) is 1.64. The highest BCUT2D eigenvalue weighted by atomic mass is 16.4. The molecule has 0 aromatic heterocycles. The molecule has 1 saturated carbocycles. The number of hydrogen-bond acceptors (Lipinski definition) is 3. The molecule has 1 aliphatic heterocycles. The Hall–Kier alpha value is -1.30. The van der Waals surface area contributed by atoms with Gasteiger partial charge >= 0.3 is 12.0 Å². The van der Waals surface area contributed by atoms with Crippen LogP contribution in [-0.2, 0) is 4.79 Å². The van der Waals surface area contributed by atoms with Crippen LogP contribution in [0.25, 0.3) is 0 Å². The van der Waals surface area contributed by atoms with Gasteiger partial charge in [0.15, 0.2) is 5.60 Å². The number of carbonyl (C=O) groups is 2. The molecule has 1 atom stereocenters. The van der Waals surface area contributed by atoms with Crippen LogP contribution in [0.4, 0.5) is 4.79 Å². The highest BCUT2D eigenvalue weighted by molar-refractivity contribution is 5.81. The fourth-order valence-corrected chi connectivity index (χ4v) is 1.64. The predicted molar refractivity (Wildman–Crippen MR) is 50.3 cm³/mol. The molecular weight excluding hydrogens is 200 g/mol. The lowest BCUT2D eigenvalue weighted by atomic mass is 10.0. The highest BCUT2D eigenvalue weighted by Gasteiger charge is 2.45. The van der Waals surface area contributed by atoms with E-state index in [0.717, 1.165) is 12.8 Å². The average molecular weight is 214 g/mol. The normalized spacial score (nSPS) is 30.3. The van der Waals surface area contributed by atoms with E-state index < -0.39 is 11.6 Å². The quantitative estimate of drug-likeness (QED) is 0.571. The van der Waals surface area contributed by atoms with Crippen molar-refractivity contribution in [1.29, 1.82) is 0 Å². The lowest BCUT2D eigenvalue weighted by Crippen LogP contribution is -2.45. The number of nitrogens with one attached hydrogen (secondary N) is 1. The molecule has 1 heterocycles. The molecule has 6 heteroatoms. The van der Waals surface area contributed by atoms with Crippen molar-refractivity contribution in [2.75, 3.05) is 13.1 Å². The molecule has 84 valence electrons. The van der Waals surface area contributed by atoms with Gasteiger partial charge in [-0.15, -0.1) is 0 Å². The van der Waals surface area contributed by atoms with Crippen LogP contribution in [0.1, 0.15) is 19.3 Å². The third kappa shape index (κ3) is 2.04. The molecule has 6 nitrogen and oxygen atoms in total. The van der Waals surface area contributed by atoms with Crippen LogP contribution in [-0.4, -0.2) is 51.8 Å². The average Bonchev–Trinajstić information content (AvgIpc) is 2.87. The van der Waals surface area contributed by atoms with E-state index in [4.69, 9.17) is 5.11 Å². The number of amides is 2. The smallest absolute Gasteiger partial charge is 0.337 e. The Balaban J connectivity index is 1.90. The van der Waals surface area contributed by atoms with Gasteiger partial charge in [0, 0.05) is 19.0 Å². The summed E-state index contributed by atoms with van der Waals surface area (Å²) < 4.78 is 0. The Morgan fingerprint density at radius 2 is 2.07 bits per heavy atom. The predicted octanol–water partition coefficient (Wildman–Crippen LogP) is -0.620. The molecule has 0 bridgehead atoms. The summed E-state index contributed by atoms with van der Waals surface area (Å²) in [5.74, 6) is -1.26. The molecule has 0 spiro atoms. The zero-order valence-corrected chi connectivity index (χ0v) is 8.27. The van der Waals surface area contributed by atoms with E-state index in [9.17, 15) is 14.7 Å². The number of likely N-dealkylation sites (tertiary alicyclic amines) is 1. The first-order chi connectivity index (χ1) is 7.01. The topological polar surface area (TPSA) is 89.9 Å². The van der Waals surface area contributed by atoms with Gasteiger partial charge in [-0.05, 0) is 12.8 Å². The molecular formula is C9H14N2O4. The molecule has 15 heavy (non-hydrogen) atoms. The van der Waals surface area contributed by atoms with Crippen LogP contribution in [0.3, 0.4) is 0 Å². The third-order valence-electron chi connectivity index (χ3n) is 2.84. The lowest BCUT2D eigenvalue weighted by Gasteiger charge is -2.19. The second-order valence-electron chi connectivity index (χ2n) is 4.23. The van der Waals surface area contributed by atoms with Crippen LogP contribution in [0.2, 0.25) is 0 Å². The van der Waals surface area contributed by atoms with Gasteiger partial charge in [-0.25, -0.2) is 9.59 Å². The van der Waals surface area contributed by atoms with E-state index in [1.165, 1.54) is 4.90 Å². The van der Waals surface area contributed by atoms with Crippen molar-refractivity contribution >= 4 is 12.0 Å². The minimum absolute atomic E-state index is 0.0976. The van der Waals surface area contributed by atoms with Crippen LogP contribution in [0.5, 0.6) is 0 Å². The van der Waals surface area contributed by atoms with Gasteiger partial charge in [0.05, 0.1) is 6.54 Å². The van der Waals surface area contributed by atoms with E-state index in [-0.39, 0.29) is 25.0 Å². The Bertz CT molecular complexity index is 302. The van der Waals surface area contributed by atoms with Crippen LogP contribution < -0.4 is 5.32 Å². The maximum absolute atomic E-state index is 11.5. The van der Waals surface area contributed by atoms with Crippen molar-refractivity contribution in [1.82, 2.24) is 10.2 Å². The van der Waals surface area contributed by atoms with Crippen molar-refractivity contribution < 1.29 is 19.8 Å². The van der Waals surface area contributed by atoms with E-state index in [0.29, 0.717) is 6.54 Å². The van der Waals surface area contributed by atoms with Gasteiger partial charge in [0.25, 0.3) is 0 Å². The van der Waals surface area contributed by atoms with Crippen molar-refractivity contribution in [3.8, 4) is 0 Å². The highest BCUT2D eigenvalue weighted by Crippen LogP contribution is 2.23. The largest absolute Gasteiger partial charge is 0.479 e. The number of carboxylic acids is 1. The molecule has 2 fully saturated rings. The van der Waals surface area contributed by atoms with E-state index in [2.05, 4.69) is 5.32 Å². The maximum Gasteiger partial charge on any atom is 0.337 e. The molecule has 2 aliphatic rings. The Morgan fingerprint density at radius 1 is 1.40 bits per heavy atom. The van der Waals surface area contributed by atoms with Gasteiger partial charge in [-0.1, -0.05) is 0 Å². The van der Waals surface area contributed by atoms with Gasteiger partial charge < -0.3 is 20.4 Å². The number of nitrogens with zero attached hydrogens (tertiary/aromatic N) is 1. The lowest BCUT2D eigenvalue weighted by molar-refractivity contribution is -0.156. The first-order valence-corrected chi connectivity index (χ1v) is 5.02. The van der Waals surface area contributed by atoms with Crippen molar-refractivity contribution in [3.63, 3.8) is 0 Å². The number of carboxylic acid groups (broad SMARTS) is 1. The number of β-amino-alcohol motifs (C(OH)–C–C–N with tert-alkyl or cyclic N) is 1. The van der Waals surface area contributed by atoms with Crippen molar-refractivity contribution in [2.24, 2.45) is 0 Å². The molecule has 1 unspecified atom stereocenters. The summed E-state index contributed by atoms with van der Waals surface area (Å²) >= 11 is 0. The first kappa shape index (κ1) is 10.2. The Labute approximate surface area is 86.9 Å². The van der Waals surface area contributed by atoms with Gasteiger partial charge in [-0.3, -0.25) is 0 Å². The maximum atomic E-state index is 11.5. The standard InChI is InChI=1S/C9H14N2O4/c12-7(13)9(15)3-4-11(5-9)8(14)10-6-1-2-6/h6,15H,1-5H2,(H,10,14)(H,12,13). The Morgan fingerprint density at radius 3 is 2.53 bits per heavy atom. The number of aliphatic hydroxyl groups is 1. The van der Waals surface area contributed by atoms with Gasteiger partial charge in [-0.2, -0.15) is 0 Å². The first-order valence-electron chi connectivity index (χ1n) is 5.02. The van der Waals surface area contributed by atoms with Crippen LogP contribution >= 0.6 is 0 Å². The molecule has 0 radical (unpaired) electrons. The minimum Gasteiger partial charge on any atom is -0.479 e. The number of aliphatic carboxylic acids is 1. The summed E-state index contributed by atoms with van der Waals surface area (Å²) in [4.78, 5) is 23.6. The SMILES string of the molecule is O=C(NC1CC1)N1CCC(O)(C(=O)O)C1. The molecule has 1 aliphatic carbocycles. The van der Waals surface area contributed by atoms with Crippen LogP contribution in [0.15, 0.2) is 0 Å². The molecule has 2 rings (SSSR count). The zero-order valence-electron chi connectivity index (χ0n) is 8.27. The summed E-state index contributed by atoms with van der Waals surface area (Å²) in [6.07, 6.45) is 2.08. The number of urea groups is 1. The second-order valence-corrected chi connectivity index (χ2v) is 4.23. The molecule has 0 aromatic carbocycles. The summed E-state index contributed by atoms with van der Waals surface area (Å²) in [7, 11) is 0. The zero-order chi connectivity index (χ0) is 11.1. The van der Waals surface area contributed by atoms with Gasteiger partial charge in [0.2, 0.25) is 0 Å². The molecule has 3 N–H and O–H groups in total. The summed E-state index contributed by atoms with van der Waals surface area (Å²) in [6, 6.07) is -0.0225.